The molecule has 2 aromatic carbocycles. The van der Waals surface area contributed by atoms with Crippen LogP contribution in [0.4, 0.5) is 11.4 Å². The van der Waals surface area contributed by atoms with Crippen LogP contribution < -0.4 is 5.43 Å². The van der Waals surface area contributed by atoms with E-state index in [9.17, 15) is 23.1 Å². The van der Waals surface area contributed by atoms with Gasteiger partial charge in [-0.1, -0.05) is 12.1 Å². The second-order valence-electron chi connectivity index (χ2n) is 4.20. The van der Waals surface area contributed by atoms with Gasteiger partial charge in [0.2, 0.25) is 0 Å². The maximum Gasteiger partial charge on any atom is 0.270 e. The number of nitro benzene ring substituents is 1. The van der Waals surface area contributed by atoms with E-state index >= 15 is 0 Å². The Morgan fingerprint density at radius 1 is 1.14 bits per heavy atom. The first-order chi connectivity index (χ1) is 10.4. The first-order valence-electron chi connectivity index (χ1n) is 5.96. The summed E-state index contributed by atoms with van der Waals surface area (Å²) in [6.07, 6.45) is 1.38. The fourth-order valence-corrected chi connectivity index (χ4v) is 2.07. The van der Waals surface area contributed by atoms with Gasteiger partial charge in [0.25, 0.3) is 5.69 Å². The Labute approximate surface area is 126 Å². The van der Waals surface area contributed by atoms with Gasteiger partial charge >= 0.3 is 0 Å². The summed E-state index contributed by atoms with van der Waals surface area (Å²) < 4.78 is 32.3. The van der Waals surface area contributed by atoms with Crippen LogP contribution in [0.25, 0.3) is 0 Å². The van der Waals surface area contributed by atoms with E-state index < -0.39 is 15.0 Å². The Hall–Kier alpha value is -2.78. The van der Waals surface area contributed by atoms with E-state index in [0.29, 0.717) is 11.3 Å². The van der Waals surface area contributed by atoms with Crippen molar-refractivity contribution in [2.75, 3.05) is 5.43 Å². The molecule has 114 valence electrons. The summed E-state index contributed by atoms with van der Waals surface area (Å²) in [5, 5.41) is 14.5. The second-order valence-corrected chi connectivity index (χ2v) is 5.58. The van der Waals surface area contributed by atoms with E-state index in [4.69, 9.17) is 0 Å². The van der Waals surface area contributed by atoms with Crippen molar-refractivity contribution in [3.05, 3.63) is 64.2 Å². The molecule has 0 heterocycles. The van der Waals surface area contributed by atoms with Crippen LogP contribution in [0.3, 0.4) is 0 Å². The van der Waals surface area contributed by atoms with Crippen molar-refractivity contribution >= 4 is 27.7 Å². The average molecular weight is 320 g/mol. The molecule has 2 rings (SSSR count). The van der Waals surface area contributed by atoms with Gasteiger partial charge in [0, 0.05) is 17.7 Å². The number of benzene rings is 2. The third-order valence-corrected chi connectivity index (χ3v) is 3.48. The third kappa shape index (κ3) is 4.11. The predicted octanol–water partition coefficient (Wildman–Crippen LogP) is 1.94. The van der Waals surface area contributed by atoms with Gasteiger partial charge in [-0.25, -0.2) is 8.42 Å². The average Bonchev–Trinajstić information content (AvgIpc) is 2.47. The molecule has 8 nitrogen and oxygen atoms in total. The van der Waals surface area contributed by atoms with Crippen LogP contribution in [-0.2, 0) is 10.1 Å². The van der Waals surface area contributed by atoms with Crippen molar-refractivity contribution in [2.24, 2.45) is 5.10 Å². The van der Waals surface area contributed by atoms with E-state index in [1.54, 1.807) is 6.07 Å². The molecule has 0 amide bonds. The van der Waals surface area contributed by atoms with Crippen molar-refractivity contribution in [1.29, 1.82) is 0 Å². The molecular weight excluding hydrogens is 310 g/mol. The number of anilines is 1. The highest BCUT2D eigenvalue weighted by Crippen LogP contribution is 2.14. The fraction of sp³-hybridized carbons (Fsp3) is 0. The lowest BCUT2D eigenvalue weighted by atomic mass is 10.2. The smallest absolute Gasteiger partial charge is 0.270 e. The summed E-state index contributed by atoms with van der Waals surface area (Å²) in [7, 11) is -4.48. The molecule has 0 aliphatic rings. The largest absolute Gasteiger partial charge is 0.744 e. The Kier molecular flexibility index (Phi) is 4.49. The minimum absolute atomic E-state index is 0.0473. The number of rotatable bonds is 5. The quantitative estimate of drug-likeness (QED) is 0.388. The van der Waals surface area contributed by atoms with Gasteiger partial charge in [-0.05, 0) is 24.3 Å². The molecule has 0 spiro atoms. The number of nitro groups is 1. The molecule has 0 unspecified atom stereocenters. The van der Waals surface area contributed by atoms with Crippen LogP contribution in [0, 0.1) is 10.1 Å². The number of hydrogen-bond acceptors (Lipinski definition) is 7. The third-order valence-electron chi connectivity index (χ3n) is 2.63. The molecule has 9 heteroatoms. The minimum atomic E-state index is -4.48. The van der Waals surface area contributed by atoms with Gasteiger partial charge in [0.05, 0.1) is 21.7 Å². The zero-order valence-electron chi connectivity index (χ0n) is 11.0. The molecule has 0 aliphatic carbocycles. The number of nitrogens with one attached hydrogen (secondary N) is 1. The van der Waals surface area contributed by atoms with Crippen molar-refractivity contribution in [2.45, 2.75) is 4.90 Å². The Morgan fingerprint density at radius 2 is 1.82 bits per heavy atom. The molecule has 1 N–H and O–H groups in total. The monoisotopic (exact) mass is 320 g/mol. The van der Waals surface area contributed by atoms with Crippen molar-refractivity contribution in [3.8, 4) is 0 Å². The van der Waals surface area contributed by atoms with Gasteiger partial charge < -0.3 is 4.55 Å². The van der Waals surface area contributed by atoms with Crippen molar-refractivity contribution in [1.82, 2.24) is 0 Å². The highest BCUT2D eigenvalue weighted by molar-refractivity contribution is 7.85. The molecule has 0 saturated carbocycles. The number of hydrazone groups is 1. The molecule has 0 atom stereocenters. The summed E-state index contributed by atoms with van der Waals surface area (Å²) in [4.78, 5) is 9.79. The standard InChI is InChI=1S/C13H11N3O5S/c17-16(18)12-3-1-2-10(8-12)9-14-15-11-4-6-13(7-5-11)22(19,20)21/h1-9,15H,(H,19,20,21)/p-1/b14-9+. The zero-order valence-corrected chi connectivity index (χ0v) is 11.9. The molecule has 0 fully saturated rings. The van der Waals surface area contributed by atoms with Gasteiger partial charge in [-0.15, -0.1) is 0 Å². The first-order valence-corrected chi connectivity index (χ1v) is 7.36. The summed E-state index contributed by atoms with van der Waals surface area (Å²) in [5.41, 5.74) is 3.57. The first kappa shape index (κ1) is 15.6. The van der Waals surface area contributed by atoms with Crippen LogP contribution in [0.15, 0.2) is 58.5 Å². The lowest BCUT2D eigenvalue weighted by molar-refractivity contribution is -0.384. The molecule has 22 heavy (non-hydrogen) atoms. The minimum Gasteiger partial charge on any atom is -0.744 e. The van der Waals surface area contributed by atoms with E-state index in [2.05, 4.69) is 10.5 Å². The van der Waals surface area contributed by atoms with Gasteiger partial charge in [0.1, 0.15) is 10.1 Å². The molecular formula is C13H10N3O5S-. The van der Waals surface area contributed by atoms with E-state index in [-0.39, 0.29) is 10.6 Å². The van der Waals surface area contributed by atoms with Gasteiger partial charge in [0.15, 0.2) is 0 Å². The normalized spacial score (nSPS) is 11.5. The Balaban J connectivity index is 2.06. The van der Waals surface area contributed by atoms with Crippen LogP contribution in [0.1, 0.15) is 5.56 Å². The number of nitrogens with zero attached hydrogens (tertiary/aromatic N) is 2. The van der Waals surface area contributed by atoms with Gasteiger partial charge in [-0.3, -0.25) is 15.5 Å². The topological polar surface area (TPSA) is 125 Å². The Morgan fingerprint density at radius 3 is 2.41 bits per heavy atom. The van der Waals surface area contributed by atoms with Gasteiger partial charge in [-0.2, -0.15) is 5.10 Å². The molecule has 0 radical (unpaired) electrons. The van der Waals surface area contributed by atoms with E-state index in [1.165, 1.54) is 36.5 Å². The summed E-state index contributed by atoms with van der Waals surface area (Å²) in [5.74, 6) is 0. The molecule has 0 saturated heterocycles. The van der Waals surface area contributed by atoms with Crippen LogP contribution >= 0.6 is 0 Å². The predicted molar refractivity (Wildman–Crippen MR) is 78.7 cm³/mol. The van der Waals surface area contributed by atoms with Crippen molar-refractivity contribution < 1.29 is 17.9 Å². The highest BCUT2D eigenvalue weighted by atomic mass is 32.2. The van der Waals surface area contributed by atoms with E-state index in [1.807, 2.05) is 0 Å². The van der Waals surface area contributed by atoms with Crippen LogP contribution in [0.2, 0.25) is 0 Å². The zero-order chi connectivity index (χ0) is 16.2. The molecule has 2 aromatic rings. The maximum absolute atomic E-state index is 10.8. The number of non-ortho nitro benzene ring substituents is 1. The summed E-state index contributed by atoms with van der Waals surface area (Å²) in [6, 6.07) is 11.0. The lowest BCUT2D eigenvalue weighted by Crippen LogP contribution is -1.98. The van der Waals surface area contributed by atoms with Crippen LogP contribution in [0.5, 0.6) is 0 Å². The summed E-state index contributed by atoms with van der Waals surface area (Å²) in [6.45, 7) is 0. The molecule has 0 bridgehead atoms. The fourth-order valence-electron chi connectivity index (χ4n) is 1.60. The Bertz CT molecular complexity index is 816. The molecule has 0 aromatic heterocycles. The highest BCUT2D eigenvalue weighted by Gasteiger charge is 2.04. The lowest BCUT2D eigenvalue weighted by Gasteiger charge is -2.07. The van der Waals surface area contributed by atoms with E-state index in [0.717, 1.165) is 12.1 Å². The SMILES string of the molecule is O=[N+]([O-])c1cccc(/C=N/Nc2ccc(S(=O)(=O)[O-])cc2)c1. The number of hydrogen-bond donors (Lipinski definition) is 1. The molecule has 0 aliphatic heterocycles. The van der Waals surface area contributed by atoms with Crippen molar-refractivity contribution in [3.63, 3.8) is 0 Å². The van der Waals surface area contributed by atoms with Crippen LogP contribution in [-0.4, -0.2) is 24.1 Å². The maximum atomic E-state index is 10.8. The second kappa shape index (κ2) is 6.33. The summed E-state index contributed by atoms with van der Waals surface area (Å²) >= 11 is 0.